The zero-order valence-corrected chi connectivity index (χ0v) is 11.2. The highest BCUT2D eigenvalue weighted by Crippen LogP contribution is 2.16. The van der Waals surface area contributed by atoms with E-state index in [9.17, 15) is 9.90 Å². The van der Waals surface area contributed by atoms with E-state index in [1.807, 2.05) is 0 Å². The van der Waals surface area contributed by atoms with E-state index >= 15 is 0 Å². The van der Waals surface area contributed by atoms with E-state index in [1.54, 1.807) is 38.3 Å². The van der Waals surface area contributed by atoms with Crippen molar-refractivity contribution in [2.24, 2.45) is 5.73 Å². The third-order valence-corrected chi connectivity index (χ3v) is 2.38. The molecule has 0 aliphatic carbocycles. The number of hydrogen-bond donors (Lipinski definition) is 3. The molecule has 0 aliphatic rings. The normalized spacial score (nSPS) is 13.1. The van der Waals surface area contributed by atoms with Crippen LogP contribution in [-0.4, -0.2) is 30.7 Å². The molecule has 1 amide bonds. The van der Waals surface area contributed by atoms with Crippen LogP contribution in [0, 0.1) is 0 Å². The third kappa shape index (κ3) is 4.91. The fourth-order valence-electron chi connectivity index (χ4n) is 1.30. The van der Waals surface area contributed by atoms with Crippen LogP contribution < -0.4 is 15.8 Å². The van der Waals surface area contributed by atoms with Gasteiger partial charge in [0, 0.05) is 6.54 Å². The molecule has 1 aromatic carbocycles. The van der Waals surface area contributed by atoms with Gasteiger partial charge in [0.15, 0.2) is 0 Å². The first-order valence-electron chi connectivity index (χ1n) is 5.40. The number of amides is 1. The molecule has 0 spiro atoms. The number of aliphatic hydroxyl groups excluding tert-OH is 1. The number of halogens is 1. The summed E-state index contributed by atoms with van der Waals surface area (Å²) in [6.07, 6.45) is -0.747. The second-order valence-electron chi connectivity index (χ2n) is 3.82. The maximum atomic E-state index is 11.2. The molecule has 4 N–H and O–H groups in total. The zero-order valence-electron chi connectivity index (χ0n) is 10.4. The Hall–Kier alpha value is -1.30. The van der Waals surface area contributed by atoms with Crippen molar-refractivity contribution in [2.75, 3.05) is 13.7 Å². The monoisotopic (exact) mass is 274 g/mol. The summed E-state index contributed by atoms with van der Waals surface area (Å²) in [5.41, 5.74) is 6.11. The molecule has 1 aromatic rings. The second kappa shape index (κ2) is 7.92. The van der Waals surface area contributed by atoms with Crippen LogP contribution in [0.5, 0.6) is 5.75 Å². The van der Waals surface area contributed by atoms with E-state index in [-0.39, 0.29) is 24.9 Å². The number of nitrogens with one attached hydrogen (secondary N) is 1. The lowest BCUT2D eigenvalue weighted by Gasteiger charge is -2.13. The summed E-state index contributed by atoms with van der Waals surface area (Å²) in [4.78, 5) is 11.2. The number of methoxy groups -OCH3 is 1. The van der Waals surface area contributed by atoms with Crippen LogP contribution >= 0.6 is 12.4 Å². The van der Waals surface area contributed by atoms with Crippen molar-refractivity contribution < 1.29 is 14.6 Å². The Balaban J connectivity index is 0.00000289. The fraction of sp³-hybridized carbons (Fsp3) is 0.417. The average Bonchev–Trinajstić information content (AvgIpc) is 2.35. The minimum Gasteiger partial charge on any atom is -0.497 e. The van der Waals surface area contributed by atoms with Gasteiger partial charge in [-0.15, -0.1) is 12.4 Å². The predicted octanol–water partition coefficient (Wildman–Crippen LogP) is 0.614. The number of carbonyl (C=O) groups is 1. The molecule has 18 heavy (non-hydrogen) atoms. The Kier molecular flexibility index (Phi) is 7.35. The van der Waals surface area contributed by atoms with Crippen LogP contribution in [0.4, 0.5) is 0 Å². The maximum Gasteiger partial charge on any atom is 0.236 e. The average molecular weight is 275 g/mol. The molecule has 1 rings (SSSR count). The first-order valence-corrected chi connectivity index (χ1v) is 5.40. The largest absolute Gasteiger partial charge is 0.497 e. The summed E-state index contributed by atoms with van der Waals surface area (Å²) in [5.74, 6) is 0.443. The summed E-state index contributed by atoms with van der Waals surface area (Å²) in [5, 5.41) is 12.4. The molecular formula is C12H19ClN2O3. The number of hydrogen-bond acceptors (Lipinski definition) is 4. The van der Waals surface area contributed by atoms with Crippen molar-refractivity contribution in [2.45, 2.75) is 19.1 Å². The van der Waals surface area contributed by atoms with E-state index in [4.69, 9.17) is 10.5 Å². The molecule has 0 saturated carbocycles. The zero-order chi connectivity index (χ0) is 12.8. The van der Waals surface area contributed by atoms with Gasteiger partial charge in [-0.2, -0.15) is 0 Å². The fourth-order valence-corrected chi connectivity index (χ4v) is 1.30. The first kappa shape index (κ1) is 16.7. The van der Waals surface area contributed by atoms with Gasteiger partial charge in [-0.05, 0) is 24.6 Å². The van der Waals surface area contributed by atoms with Crippen LogP contribution in [-0.2, 0) is 4.79 Å². The SMILES string of the molecule is COc1ccc(C(O)CNC(=O)[C@@H](C)N)cc1.Cl. The minimum atomic E-state index is -0.747. The van der Waals surface area contributed by atoms with Crippen molar-refractivity contribution in [3.8, 4) is 5.75 Å². The van der Waals surface area contributed by atoms with Crippen molar-refractivity contribution in [3.63, 3.8) is 0 Å². The standard InChI is InChI=1S/C12H18N2O3.ClH/c1-8(13)12(16)14-7-11(15)9-3-5-10(17-2)6-4-9;/h3-6,8,11,15H,7,13H2,1-2H3,(H,14,16);1H/t8-,11?;/m1./s1. The first-order chi connectivity index (χ1) is 8.04. The molecular weight excluding hydrogens is 256 g/mol. The summed E-state index contributed by atoms with van der Waals surface area (Å²) < 4.78 is 5.01. The number of carbonyl (C=O) groups excluding carboxylic acids is 1. The molecule has 0 aliphatic heterocycles. The van der Waals surface area contributed by atoms with Crippen molar-refractivity contribution >= 4 is 18.3 Å². The van der Waals surface area contributed by atoms with E-state index in [0.29, 0.717) is 0 Å². The second-order valence-corrected chi connectivity index (χ2v) is 3.82. The number of rotatable bonds is 5. The van der Waals surface area contributed by atoms with Gasteiger partial charge in [0.25, 0.3) is 0 Å². The van der Waals surface area contributed by atoms with Gasteiger partial charge in [0.1, 0.15) is 5.75 Å². The van der Waals surface area contributed by atoms with Crippen LogP contribution in [0.15, 0.2) is 24.3 Å². The Morgan fingerprint density at radius 1 is 1.44 bits per heavy atom. The molecule has 0 saturated heterocycles. The van der Waals surface area contributed by atoms with Crippen LogP contribution in [0.1, 0.15) is 18.6 Å². The smallest absolute Gasteiger partial charge is 0.236 e. The van der Waals surface area contributed by atoms with E-state index in [2.05, 4.69) is 5.32 Å². The quantitative estimate of drug-likeness (QED) is 0.735. The molecule has 2 atom stereocenters. The number of ether oxygens (including phenoxy) is 1. The summed E-state index contributed by atoms with van der Waals surface area (Å²) in [6, 6.07) is 6.44. The molecule has 102 valence electrons. The van der Waals surface area contributed by atoms with Crippen LogP contribution in [0.25, 0.3) is 0 Å². The number of nitrogens with two attached hydrogens (primary N) is 1. The Labute approximate surface area is 113 Å². The topological polar surface area (TPSA) is 84.6 Å². The van der Waals surface area contributed by atoms with Crippen molar-refractivity contribution in [1.29, 1.82) is 0 Å². The molecule has 0 aromatic heterocycles. The summed E-state index contributed by atoms with van der Waals surface area (Å²) in [6.45, 7) is 1.74. The molecule has 1 unspecified atom stereocenters. The predicted molar refractivity (Wildman–Crippen MR) is 71.9 cm³/mol. The molecule has 6 heteroatoms. The summed E-state index contributed by atoms with van der Waals surface area (Å²) in [7, 11) is 1.58. The maximum absolute atomic E-state index is 11.2. The van der Waals surface area contributed by atoms with Crippen molar-refractivity contribution in [1.82, 2.24) is 5.32 Å². The highest BCUT2D eigenvalue weighted by atomic mass is 35.5. The number of benzene rings is 1. The molecule has 5 nitrogen and oxygen atoms in total. The van der Waals surface area contributed by atoms with E-state index in [0.717, 1.165) is 11.3 Å². The Morgan fingerprint density at radius 3 is 2.44 bits per heavy atom. The van der Waals surface area contributed by atoms with Crippen LogP contribution in [0.3, 0.4) is 0 Å². The molecule has 0 bridgehead atoms. The molecule has 0 fully saturated rings. The van der Waals surface area contributed by atoms with E-state index < -0.39 is 12.1 Å². The van der Waals surface area contributed by atoms with Gasteiger partial charge in [0.2, 0.25) is 5.91 Å². The van der Waals surface area contributed by atoms with Gasteiger partial charge in [-0.25, -0.2) is 0 Å². The molecule has 0 heterocycles. The van der Waals surface area contributed by atoms with Gasteiger partial charge in [-0.1, -0.05) is 12.1 Å². The molecule has 0 radical (unpaired) electrons. The van der Waals surface area contributed by atoms with Crippen molar-refractivity contribution in [3.05, 3.63) is 29.8 Å². The number of aliphatic hydroxyl groups is 1. The lowest BCUT2D eigenvalue weighted by molar-refractivity contribution is -0.122. The third-order valence-electron chi connectivity index (χ3n) is 2.38. The Morgan fingerprint density at radius 2 is 2.00 bits per heavy atom. The van der Waals surface area contributed by atoms with Gasteiger partial charge in [-0.3, -0.25) is 4.79 Å². The summed E-state index contributed by atoms with van der Waals surface area (Å²) >= 11 is 0. The minimum absolute atomic E-state index is 0. The van der Waals surface area contributed by atoms with Crippen LogP contribution in [0.2, 0.25) is 0 Å². The lowest BCUT2D eigenvalue weighted by Crippen LogP contribution is -2.40. The van der Waals surface area contributed by atoms with Gasteiger partial charge < -0.3 is 20.9 Å². The van der Waals surface area contributed by atoms with Gasteiger partial charge >= 0.3 is 0 Å². The Bertz CT molecular complexity index is 368. The van der Waals surface area contributed by atoms with E-state index in [1.165, 1.54) is 0 Å². The highest BCUT2D eigenvalue weighted by molar-refractivity contribution is 5.85. The highest BCUT2D eigenvalue weighted by Gasteiger charge is 2.11. The van der Waals surface area contributed by atoms with Gasteiger partial charge in [0.05, 0.1) is 19.3 Å². The lowest BCUT2D eigenvalue weighted by atomic mass is 10.1.